The second kappa shape index (κ2) is 50.8. The van der Waals surface area contributed by atoms with E-state index in [2.05, 4.69) is 31.6 Å². The lowest BCUT2D eigenvalue weighted by Gasteiger charge is -2.37. The number of benzene rings is 6. The summed E-state index contributed by atoms with van der Waals surface area (Å²) >= 11 is 14.0. The first-order valence-corrected chi connectivity index (χ1v) is 45.7. The first-order valence-electron chi connectivity index (χ1n) is 43.8. The van der Waals surface area contributed by atoms with Crippen LogP contribution >= 0.6 is 35.0 Å². The van der Waals surface area contributed by atoms with E-state index < -0.39 is 218 Å². The maximum Gasteiger partial charge on any atom is 0.293 e. The molecule has 702 valence electrons. The monoisotopic (exact) mass is 1860 g/mol. The number of para-hydroxylation sites is 1. The molecule has 131 heavy (non-hydrogen) atoms. The number of nitrogens with zero attached hydrogens (tertiary/aromatic N) is 5. The highest BCUT2D eigenvalue weighted by Crippen LogP contribution is 2.29. The number of hydrogen-bond donors (Lipinski definition) is 9. The molecule has 0 aliphatic carbocycles. The standard InChI is InChI=1S/C97H120Cl2N12O19S/c1-11-12-27-81-96(128)107(6)52-72(115)46-66(54-130-57-112)85(117)50-74(59(4)5)93(125)110(9)82(44-60-21-15-13-16-22-60)92(124)106-79(42-63-30-34-71(114)35-31-63)94(126)108(7)53-88(120)102-78(47-65-51-101-75-26-20-19-25-73(65)75)91(123)105-77(41-62-28-32-70(113)33-29-62)90(122)104-76(38-58(2)3)86(118)48-67(84(116)36-37-87(100)119)55-131-56-89(121)103-80(43-64-39-68(98)49-69(99)40-64)95(127)111(10)83(97(129)109(81)8)45-61-23-17-14-18-24-61/h13-26,28-35,39-40,49,51,57-59,66-67,74,76-83,101,113-114H,11-12,27,36-38,41-48,50,52-56H2,1-10H3,(H2,100,119)(H,102,120)(H,103,121)(H,104,122)(H,105,123)(H,106,124)/t66-,67-,74-,76-,77-,78-,79-,80-,81-,82-,83-/m0/s1. The SMILES string of the molecule is CCCC[C@H]1C(=O)N(C)CC(=O)C[C@@H](COC=O)C(=O)C[C@@H](C(C)C)C(=O)N(C)[C@@H](Cc2ccccc2)C(=O)N[C@@H](Cc2ccc(O)cc2)C(=O)N(C)CC(=O)N[C@@H](Cc2c[nH]c3ccccc23)C(=O)N[C@@H](Cc2ccc(O)cc2)C(=O)N[C@@H](CC(C)C)C(=O)C[C@H](C(=O)CCC(N)=O)CSCC(=O)N[C@@H](Cc2cc(Cl)cc(Cl)c2)C(=O)N(C)[C@@H](Cc2ccccc2)C(=O)N1C. The molecule has 7 aromatic rings. The van der Waals surface area contributed by atoms with E-state index in [-0.39, 0.29) is 91.1 Å². The normalized spacial score (nSPS) is 22.0. The number of unbranched alkanes of at least 4 members (excludes halogenated alkanes) is 1. The number of carbonyl (C=O) groups excluding carboxylic acids is 16. The summed E-state index contributed by atoms with van der Waals surface area (Å²) < 4.78 is 5.16. The molecule has 11 amide bonds. The quantitative estimate of drug-likeness (QED) is 0.0246. The molecule has 11 atom stereocenters. The van der Waals surface area contributed by atoms with Crippen LogP contribution in [0.25, 0.3) is 10.9 Å². The number of phenols is 2. The Kier molecular flexibility index (Phi) is 40.3. The molecule has 6 aromatic carbocycles. The number of carbonyl (C=O) groups is 16. The van der Waals surface area contributed by atoms with Crippen molar-refractivity contribution in [1.29, 1.82) is 0 Å². The summed E-state index contributed by atoms with van der Waals surface area (Å²) in [6.07, 6.45) is -1.23. The minimum Gasteiger partial charge on any atom is -0.508 e. The highest BCUT2D eigenvalue weighted by molar-refractivity contribution is 7.99. The number of aromatic hydroxyl groups is 2. The van der Waals surface area contributed by atoms with Crippen LogP contribution in [0, 0.1) is 29.6 Å². The average Bonchev–Trinajstić information content (AvgIpc) is 1.73. The van der Waals surface area contributed by atoms with Crippen molar-refractivity contribution in [2.24, 2.45) is 35.3 Å². The largest absolute Gasteiger partial charge is 0.508 e. The van der Waals surface area contributed by atoms with E-state index in [0.717, 1.165) is 31.4 Å². The van der Waals surface area contributed by atoms with Crippen molar-refractivity contribution in [3.63, 3.8) is 0 Å². The van der Waals surface area contributed by atoms with Crippen LogP contribution in [0.15, 0.2) is 158 Å². The van der Waals surface area contributed by atoms with Crippen LogP contribution in [0.2, 0.25) is 10.0 Å². The summed E-state index contributed by atoms with van der Waals surface area (Å²) in [7, 11) is 6.75. The Morgan fingerprint density at radius 3 is 1.61 bits per heavy atom. The molecule has 10 N–H and O–H groups in total. The zero-order chi connectivity index (χ0) is 95.9. The van der Waals surface area contributed by atoms with Crippen LogP contribution in [0.5, 0.6) is 11.5 Å². The lowest BCUT2D eigenvalue weighted by molar-refractivity contribution is -0.151. The number of halogens is 2. The number of nitrogens with one attached hydrogen (secondary N) is 6. The number of primary amides is 1. The van der Waals surface area contributed by atoms with Gasteiger partial charge < -0.3 is 76.8 Å². The van der Waals surface area contributed by atoms with Crippen molar-refractivity contribution in [1.82, 2.24) is 56.1 Å². The van der Waals surface area contributed by atoms with Gasteiger partial charge in [-0.25, -0.2) is 0 Å². The van der Waals surface area contributed by atoms with E-state index in [0.29, 0.717) is 57.1 Å². The molecule has 1 saturated heterocycles. The summed E-state index contributed by atoms with van der Waals surface area (Å²) in [5, 5.41) is 35.9. The van der Waals surface area contributed by atoms with Crippen LogP contribution in [-0.2, 0) is 120 Å². The highest BCUT2D eigenvalue weighted by atomic mass is 35.5. The van der Waals surface area contributed by atoms with Gasteiger partial charge in [0.05, 0.1) is 30.8 Å². The zero-order valence-corrected chi connectivity index (χ0v) is 77.9. The number of ketones is 4. The molecule has 0 saturated carbocycles. The number of H-pyrrole nitrogens is 1. The van der Waals surface area contributed by atoms with Crippen LogP contribution < -0.4 is 32.3 Å². The van der Waals surface area contributed by atoms with E-state index in [1.807, 2.05) is 6.92 Å². The number of amides is 11. The second-order valence-electron chi connectivity index (χ2n) is 34.4. The van der Waals surface area contributed by atoms with Gasteiger partial charge in [-0.15, -0.1) is 0 Å². The molecule has 8 rings (SSSR count). The van der Waals surface area contributed by atoms with Gasteiger partial charge in [0.15, 0.2) is 11.6 Å². The fourth-order valence-corrected chi connectivity index (χ4v) is 17.5. The van der Waals surface area contributed by atoms with Gasteiger partial charge in [0.2, 0.25) is 65.0 Å². The lowest BCUT2D eigenvalue weighted by Crippen LogP contribution is -2.58. The number of hydrogen-bond acceptors (Lipinski definition) is 20. The van der Waals surface area contributed by atoms with Gasteiger partial charge >= 0.3 is 0 Å². The Morgan fingerprint density at radius 2 is 1.03 bits per heavy atom. The number of thioether (sulfide) groups is 1. The van der Waals surface area contributed by atoms with Gasteiger partial charge in [-0.2, -0.15) is 11.8 Å². The van der Waals surface area contributed by atoms with Crippen LogP contribution in [0.1, 0.15) is 126 Å². The fraction of sp³-hybridized carbons (Fsp3) is 0.443. The number of rotatable bonds is 25. The smallest absolute Gasteiger partial charge is 0.293 e. The summed E-state index contributed by atoms with van der Waals surface area (Å²) in [6.45, 7) is 6.86. The molecule has 0 unspecified atom stereocenters. The molecule has 1 aromatic heterocycles. The van der Waals surface area contributed by atoms with Crippen molar-refractivity contribution < 1.29 is 91.7 Å². The molecule has 31 nitrogen and oxygen atoms in total. The molecule has 34 heteroatoms. The average molecular weight is 1860 g/mol. The number of aromatic amines is 1. The van der Waals surface area contributed by atoms with E-state index in [9.17, 15) is 43.8 Å². The maximum absolute atomic E-state index is 15.6. The Morgan fingerprint density at radius 1 is 0.519 bits per heavy atom. The minimum atomic E-state index is -1.56. The number of phenolic OH excluding ortho intramolecular Hbond substituents is 2. The van der Waals surface area contributed by atoms with Gasteiger partial charge in [0, 0.05) is 151 Å². The van der Waals surface area contributed by atoms with Crippen LogP contribution in [0.3, 0.4) is 0 Å². The van der Waals surface area contributed by atoms with Crippen molar-refractivity contribution in [3.8, 4) is 11.5 Å². The Labute approximate surface area is 777 Å². The minimum absolute atomic E-state index is 0.0182. The molecule has 0 spiro atoms. The van der Waals surface area contributed by atoms with Gasteiger partial charge in [0.1, 0.15) is 72.0 Å². The van der Waals surface area contributed by atoms with Gasteiger partial charge in [-0.05, 0) is 107 Å². The Hall–Kier alpha value is -12.3. The third-order valence-corrected chi connectivity index (χ3v) is 24.8. The Bertz CT molecular complexity index is 5140. The zero-order valence-electron chi connectivity index (χ0n) is 75.5. The van der Waals surface area contributed by atoms with Crippen LogP contribution in [-0.4, -0.2) is 249 Å². The molecule has 0 bridgehead atoms. The third-order valence-electron chi connectivity index (χ3n) is 23.3. The topological polar surface area (TPSA) is 441 Å². The first kappa shape index (κ1) is 104. The lowest BCUT2D eigenvalue weighted by atomic mass is 9.84. The molecule has 1 aliphatic rings. The summed E-state index contributed by atoms with van der Waals surface area (Å²) in [6, 6.07) is 28.9. The highest BCUT2D eigenvalue weighted by Gasteiger charge is 2.42. The van der Waals surface area contributed by atoms with E-state index in [1.54, 1.807) is 119 Å². The number of fused-ring (bicyclic) bond motifs is 1. The molecule has 2 heterocycles. The fourth-order valence-electron chi connectivity index (χ4n) is 15.9. The molecule has 1 aliphatic heterocycles. The number of aromatic nitrogens is 1. The predicted molar refractivity (Wildman–Crippen MR) is 497 cm³/mol. The molecular weight excluding hydrogens is 1740 g/mol. The van der Waals surface area contributed by atoms with E-state index in [1.165, 1.54) is 107 Å². The van der Waals surface area contributed by atoms with E-state index in [4.69, 9.17) is 33.7 Å². The summed E-state index contributed by atoms with van der Waals surface area (Å²) in [5.41, 5.74) is 9.14. The molecule has 0 radical (unpaired) electrons. The van der Waals surface area contributed by atoms with Gasteiger partial charge in [0.25, 0.3) is 6.47 Å². The van der Waals surface area contributed by atoms with Crippen molar-refractivity contribution >= 4 is 140 Å². The third kappa shape index (κ3) is 31.8. The van der Waals surface area contributed by atoms with Gasteiger partial charge in [-0.3, -0.25) is 76.7 Å². The predicted octanol–water partition coefficient (Wildman–Crippen LogP) is 7.84. The summed E-state index contributed by atoms with van der Waals surface area (Å²) in [5.74, 6) is -17.3. The van der Waals surface area contributed by atoms with Crippen molar-refractivity contribution in [2.45, 2.75) is 179 Å². The van der Waals surface area contributed by atoms with Crippen molar-refractivity contribution in [2.75, 3.05) is 66.4 Å². The number of ether oxygens (including phenoxy) is 1. The van der Waals surface area contributed by atoms with E-state index >= 15 is 43.2 Å². The van der Waals surface area contributed by atoms with Crippen molar-refractivity contribution in [3.05, 3.63) is 201 Å². The van der Waals surface area contributed by atoms with Crippen LogP contribution in [0.4, 0.5) is 0 Å². The first-order chi connectivity index (χ1) is 62.3. The number of likely N-dealkylation sites (N-methyl/N-ethyl adjacent to an activating group) is 5. The number of nitrogens with two attached hydrogens (primary N) is 1. The number of Topliss-reactive ketones (excluding diaryl/α,β-unsaturated/α-hetero) is 4. The summed E-state index contributed by atoms with van der Waals surface area (Å²) in [4.78, 5) is 245. The molecule has 1 fully saturated rings. The Balaban J connectivity index is 1.22. The maximum atomic E-state index is 15.6. The van der Waals surface area contributed by atoms with Gasteiger partial charge in [-0.1, -0.05) is 174 Å². The molecular formula is C97H120Cl2N12O19S. The second-order valence-corrected chi connectivity index (χ2v) is 36.3.